The van der Waals surface area contributed by atoms with Crippen LogP contribution in [0.1, 0.15) is 29.6 Å². The lowest BCUT2D eigenvalue weighted by Gasteiger charge is -2.39. The molecule has 1 unspecified atom stereocenters. The number of pyridine rings is 1. The van der Waals surface area contributed by atoms with Crippen molar-refractivity contribution in [3.8, 4) is 0 Å². The number of anilines is 1. The number of piperidine rings is 1. The van der Waals surface area contributed by atoms with Gasteiger partial charge >= 0.3 is 0 Å². The lowest BCUT2D eigenvalue weighted by Crippen LogP contribution is -2.51. The van der Waals surface area contributed by atoms with E-state index in [-0.39, 0.29) is 11.8 Å². The predicted molar refractivity (Wildman–Crippen MR) is 99.2 cm³/mol. The SMILES string of the molecule is COCCN1CCCC2(CCN(C(=O)c3ccc(N(C)C)nc3)C2)C1=O. The first-order chi connectivity index (χ1) is 12.5. The Kier molecular flexibility index (Phi) is 5.46. The van der Waals surface area contributed by atoms with Crippen molar-refractivity contribution < 1.29 is 14.3 Å². The Morgan fingerprint density at radius 1 is 1.31 bits per heavy atom. The molecule has 2 saturated heterocycles. The third-order valence-corrected chi connectivity index (χ3v) is 5.48. The van der Waals surface area contributed by atoms with E-state index in [9.17, 15) is 9.59 Å². The van der Waals surface area contributed by atoms with E-state index < -0.39 is 5.41 Å². The quantitative estimate of drug-likeness (QED) is 0.791. The van der Waals surface area contributed by atoms with Crippen molar-refractivity contribution in [3.63, 3.8) is 0 Å². The zero-order chi connectivity index (χ0) is 18.7. The van der Waals surface area contributed by atoms with E-state index >= 15 is 0 Å². The average Bonchev–Trinajstić information content (AvgIpc) is 3.07. The highest BCUT2D eigenvalue weighted by Crippen LogP contribution is 2.40. The van der Waals surface area contributed by atoms with Gasteiger partial charge in [-0.3, -0.25) is 9.59 Å². The predicted octanol–water partition coefficient (Wildman–Crippen LogP) is 1.25. The second-order valence-electron chi connectivity index (χ2n) is 7.45. The molecule has 0 saturated carbocycles. The summed E-state index contributed by atoms with van der Waals surface area (Å²) >= 11 is 0. The topological polar surface area (TPSA) is 66.0 Å². The number of aromatic nitrogens is 1. The molecule has 142 valence electrons. The number of carbonyl (C=O) groups excluding carboxylic acids is 2. The number of hydrogen-bond donors (Lipinski definition) is 0. The molecule has 1 aromatic rings. The summed E-state index contributed by atoms with van der Waals surface area (Å²) in [6.45, 7) is 3.09. The van der Waals surface area contributed by atoms with Gasteiger partial charge in [-0.15, -0.1) is 0 Å². The Labute approximate surface area is 154 Å². The number of ether oxygens (including phenoxy) is 1. The zero-order valence-electron chi connectivity index (χ0n) is 15.9. The molecule has 2 amide bonds. The van der Waals surface area contributed by atoms with Gasteiger partial charge < -0.3 is 19.4 Å². The van der Waals surface area contributed by atoms with Gasteiger partial charge in [-0.2, -0.15) is 0 Å². The summed E-state index contributed by atoms with van der Waals surface area (Å²) in [4.78, 5) is 35.8. The van der Waals surface area contributed by atoms with Gasteiger partial charge in [0.1, 0.15) is 5.82 Å². The van der Waals surface area contributed by atoms with Crippen LogP contribution in [0.25, 0.3) is 0 Å². The third-order valence-electron chi connectivity index (χ3n) is 5.48. The number of nitrogens with zero attached hydrogens (tertiary/aromatic N) is 4. The summed E-state index contributed by atoms with van der Waals surface area (Å²) < 4.78 is 5.12. The van der Waals surface area contributed by atoms with Crippen LogP contribution in [0, 0.1) is 5.41 Å². The highest BCUT2D eigenvalue weighted by atomic mass is 16.5. The van der Waals surface area contributed by atoms with Crippen LogP contribution in [0.3, 0.4) is 0 Å². The standard InChI is InChI=1S/C19H28N4O3/c1-21(2)16-6-5-15(13-20-16)17(24)23-10-8-19(14-23)7-4-9-22(18(19)25)11-12-26-3/h5-6,13H,4,7-12,14H2,1-3H3. The van der Waals surface area contributed by atoms with Gasteiger partial charge in [0.05, 0.1) is 17.6 Å². The average molecular weight is 360 g/mol. The Morgan fingerprint density at radius 3 is 2.77 bits per heavy atom. The maximum Gasteiger partial charge on any atom is 0.255 e. The molecule has 1 atom stereocenters. The van der Waals surface area contributed by atoms with E-state index in [0.29, 0.717) is 31.8 Å². The van der Waals surface area contributed by atoms with Crippen molar-refractivity contribution in [1.29, 1.82) is 0 Å². The van der Waals surface area contributed by atoms with Crippen LogP contribution in [0.5, 0.6) is 0 Å². The van der Waals surface area contributed by atoms with Crippen molar-refractivity contribution in [2.45, 2.75) is 19.3 Å². The monoisotopic (exact) mass is 360 g/mol. The number of carbonyl (C=O) groups is 2. The minimum atomic E-state index is -0.418. The van der Waals surface area contributed by atoms with Crippen molar-refractivity contribution in [1.82, 2.24) is 14.8 Å². The molecule has 2 aliphatic rings. The minimum Gasteiger partial charge on any atom is -0.383 e. The molecule has 7 heteroatoms. The number of amides is 2. The summed E-state index contributed by atoms with van der Waals surface area (Å²) in [5.74, 6) is 0.953. The summed E-state index contributed by atoms with van der Waals surface area (Å²) in [7, 11) is 5.48. The van der Waals surface area contributed by atoms with Gasteiger partial charge in [-0.25, -0.2) is 4.98 Å². The van der Waals surface area contributed by atoms with E-state index in [1.54, 1.807) is 13.3 Å². The Balaban J connectivity index is 1.69. The maximum atomic E-state index is 13.0. The van der Waals surface area contributed by atoms with E-state index in [1.165, 1.54) is 0 Å². The van der Waals surface area contributed by atoms with E-state index in [0.717, 1.165) is 31.6 Å². The zero-order valence-corrected chi connectivity index (χ0v) is 15.9. The fourth-order valence-corrected chi connectivity index (χ4v) is 3.95. The molecule has 3 rings (SSSR count). The summed E-state index contributed by atoms with van der Waals surface area (Å²) in [5.41, 5.74) is 0.158. The second kappa shape index (κ2) is 7.61. The van der Waals surface area contributed by atoms with Crippen LogP contribution < -0.4 is 4.90 Å². The Hall–Kier alpha value is -2.15. The molecular weight excluding hydrogens is 332 g/mol. The first-order valence-electron chi connectivity index (χ1n) is 9.18. The van der Waals surface area contributed by atoms with Crippen molar-refractivity contribution in [2.24, 2.45) is 5.41 Å². The molecule has 3 heterocycles. The lowest BCUT2D eigenvalue weighted by molar-refractivity contribution is -0.146. The highest BCUT2D eigenvalue weighted by Gasteiger charge is 2.49. The van der Waals surface area contributed by atoms with E-state index in [1.807, 2.05) is 40.9 Å². The van der Waals surface area contributed by atoms with Crippen LogP contribution in [0.4, 0.5) is 5.82 Å². The molecule has 26 heavy (non-hydrogen) atoms. The molecule has 0 radical (unpaired) electrons. The molecule has 1 aromatic heterocycles. The summed E-state index contributed by atoms with van der Waals surface area (Å²) in [6, 6.07) is 3.65. The molecule has 0 N–H and O–H groups in total. The first-order valence-corrected chi connectivity index (χ1v) is 9.18. The van der Waals surface area contributed by atoms with Crippen molar-refractivity contribution >= 4 is 17.6 Å². The largest absolute Gasteiger partial charge is 0.383 e. The molecule has 0 aromatic carbocycles. The number of methoxy groups -OCH3 is 1. The van der Waals surface area contributed by atoms with Gasteiger partial charge in [0, 0.05) is 53.6 Å². The molecule has 2 fully saturated rings. The van der Waals surface area contributed by atoms with Gasteiger partial charge in [0.25, 0.3) is 5.91 Å². The fraction of sp³-hybridized carbons (Fsp3) is 0.632. The van der Waals surface area contributed by atoms with Gasteiger partial charge in [-0.1, -0.05) is 0 Å². The van der Waals surface area contributed by atoms with Gasteiger partial charge in [0.15, 0.2) is 0 Å². The van der Waals surface area contributed by atoms with Crippen molar-refractivity contribution in [3.05, 3.63) is 23.9 Å². The lowest BCUT2D eigenvalue weighted by atomic mass is 9.78. The van der Waals surface area contributed by atoms with Gasteiger partial charge in [0.2, 0.25) is 5.91 Å². The first kappa shape index (κ1) is 18.6. The third kappa shape index (κ3) is 3.53. The number of rotatable bonds is 5. The van der Waals surface area contributed by atoms with Crippen LogP contribution in [-0.2, 0) is 9.53 Å². The van der Waals surface area contributed by atoms with Gasteiger partial charge in [-0.05, 0) is 31.4 Å². The molecule has 1 spiro atoms. The summed E-state index contributed by atoms with van der Waals surface area (Å²) in [6.07, 6.45) is 4.20. The smallest absolute Gasteiger partial charge is 0.255 e. The highest BCUT2D eigenvalue weighted by molar-refractivity contribution is 5.95. The van der Waals surface area contributed by atoms with Crippen LogP contribution in [-0.4, -0.2) is 80.6 Å². The Morgan fingerprint density at radius 2 is 2.12 bits per heavy atom. The van der Waals surface area contributed by atoms with Crippen LogP contribution >= 0.6 is 0 Å². The van der Waals surface area contributed by atoms with E-state index in [2.05, 4.69) is 4.98 Å². The molecule has 7 nitrogen and oxygen atoms in total. The Bertz CT molecular complexity index is 661. The normalized spacial score (nSPS) is 23.0. The van der Waals surface area contributed by atoms with Crippen LogP contribution in [0.15, 0.2) is 18.3 Å². The minimum absolute atomic E-state index is 0.0403. The second-order valence-corrected chi connectivity index (χ2v) is 7.45. The van der Waals surface area contributed by atoms with Crippen LogP contribution in [0.2, 0.25) is 0 Å². The summed E-state index contributed by atoms with van der Waals surface area (Å²) in [5, 5.41) is 0. The van der Waals surface area contributed by atoms with Crippen molar-refractivity contribution in [2.75, 3.05) is 58.9 Å². The molecule has 2 aliphatic heterocycles. The van der Waals surface area contributed by atoms with E-state index in [4.69, 9.17) is 4.74 Å². The molecule has 0 aliphatic carbocycles. The molecule has 0 bridgehead atoms. The number of likely N-dealkylation sites (tertiary alicyclic amines) is 2. The number of hydrogen-bond acceptors (Lipinski definition) is 5. The maximum absolute atomic E-state index is 13.0. The fourth-order valence-electron chi connectivity index (χ4n) is 3.95. The molecular formula is C19H28N4O3.